The van der Waals surface area contributed by atoms with Gasteiger partial charge in [-0.15, -0.1) is 11.8 Å². The minimum atomic E-state index is -4.97. The predicted octanol–water partition coefficient (Wildman–Crippen LogP) is 10.6. The summed E-state index contributed by atoms with van der Waals surface area (Å²) in [6.07, 6.45) is 35.7. The number of aliphatic hydroxyl groups is 2. The fraction of sp³-hybridized carbons (Fsp3) is 0.780. The van der Waals surface area contributed by atoms with Gasteiger partial charge in [0.2, 0.25) is 0 Å². The maximum Gasteiger partial charge on any atom is 0.472 e. The summed E-state index contributed by atoms with van der Waals surface area (Å²) in [6.45, 7) is 3.54. The van der Waals surface area contributed by atoms with Gasteiger partial charge in [0.15, 0.2) is 6.10 Å². The Morgan fingerprint density at radius 2 is 1.24 bits per heavy atom. The van der Waals surface area contributed by atoms with Crippen LogP contribution >= 0.6 is 27.4 Å². The highest BCUT2D eigenvalue weighted by molar-refractivity contribution is 8.00. The molecule has 2 unspecified atom stereocenters. The number of phosphoric acid groups is 2. The van der Waals surface area contributed by atoms with Crippen molar-refractivity contribution < 1.29 is 76.6 Å². The quantitative estimate of drug-likeness (QED) is 0.00980. The number of hydrogen-bond acceptors (Lipinski definition) is 14. The van der Waals surface area contributed by atoms with Crippen LogP contribution in [0.3, 0.4) is 0 Å². The number of aliphatic hydroxyl groups excluding tert-OH is 2. The molecule has 0 aromatic carbocycles. The summed E-state index contributed by atoms with van der Waals surface area (Å²) in [5.41, 5.74) is 6.20. The summed E-state index contributed by atoms with van der Waals surface area (Å²) < 4.78 is 48.2. The van der Waals surface area contributed by atoms with Gasteiger partial charge in [-0.05, 0) is 44.4 Å². The molecule has 408 valence electrons. The maximum atomic E-state index is 13.2. The summed E-state index contributed by atoms with van der Waals surface area (Å²) in [6, 6.07) is -1.29. The van der Waals surface area contributed by atoms with E-state index >= 15 is 0 Å². The lowest BCUT2D eigenvalue weighted by molar-refractivity contribution is -0.161. The molecule has 0 rings (SSSR count). The number of aliphatic carboxylic acids is 1. The predicted molar refractivity (Wildman–Crippen MR) is 277 cm³/mol. The highest BCUT2D eigenvalue weighted by Crippen LogP contribution is 2.44. The molecule has 7 atom stereocenters. The lowest BCUT2D eigenvalue weighted by Crippen LogP contribution is -2.40. The van der Waals surface area contributed by atoms with E-state index in [4.69, 9.17) is 39.1 Å². The van der Waals surface area contributed by atoms with Crippen molar-refractivity contribution in [3.8, 4) is 0 Å². The molecule has 8 N–H and O–H groups in total. The molecule has 0 radical (unpaired) electrons. The van der Waals surface area contributed by atoms with E-state index in [0.717, 1.165) is 56.2 Å². The molecule has 0 aliphatic heterocycles. The molecule has 70 heavy (non-hydrogen) atoms. The molecule has 0 spiro atoms. The van der Waals surface area contributed by atoms with E-state index in [9.17, 15) is 38.6 Å². The van der Waals surface area contributed by atoms with Gasteiger partial charge in [0.25, 0.3) is 0 Å². The van der Waals surface area contributed by atoms with Gasteiger partial charge in [-0.3, -0.25) is 28.0 Å². The van der Waals surface area contributed by atoms with Crippen LogP contribution in [0, 0.1) is 5.92 Å². The summed E-state index contributed by atoms with van der Waals surface area (Å²) in [5, 5.41) is 29.3. The minimum absolute atomic E-state index is 0.0690. The highest BCUT2D eigenvalue weighted by atomic mass is 32.2. The number of allylic oxidation sites excluding steroid dienone is 7. The summed E-state index contributed by atoms with van der Waals surface area (Å²) in [7, 11) is -9.91. The summed E-state index contributed by atoms with van der Waals surface area (Å²) in [5.74, 6) is -1.79. The third-order valence-corrected chi connectivity index (χ3v) is 14.1. The van der Waals surface area contributed by atoms with Gasteiger partial charge < -0.3 is 45.2 Å². The Balaban J connectivity index is 5.26. The zero-order valence-corrected chi connectivity index (χ0v) is 45.0. The first-order valence-electron chi connectivity index (χ1n) is 25.7. The number of carbonyl (C=O) groups is 3. The fourth-order valence-corrected chi connectivity index (χ4v) is 9.09. The van der Waals surface area contributed by atoms with Crippen LogP contribution in [0.25, 0.3) is 0 Å². The molecule has 0 aliphatic carbocycles. The second-order valence-electron chi connectivity index (χ2n) is 17.9. The molecular formula is C50H91NO16P2S. The molecular weight excluding hydrogens is 965 g/mol. The molecule has 0 saturated carbocycles. The van der Waals surface area contributed by atoms with Crippen LogP contribution in [0.5, 0.6) is 0 Å². The van der Waals surface area contributed by atoms with Crippen molar-refractivity contribution in [1.29, 1.82) is 0 Å². The van der Waals surface area contributed by atoms with Crippen molar-refractivity contribution in [3.63, 3.8) is 0 Å². The largest absolute Gasteiger partial charge is 0.481 e. The van der Waals surface area contributed by atoms with Crippen molar-refractivity contribution in [2.24, 2.45) is 11.7 Å². The van der Waals surface area contributed by atoms with Gasteiger partial charge in [-0.1, -0.05) is 179 Å². The van der Waals surface area contributed by atoms with Gasteiger partial charge in [0.05, 0.1) is 25.9 Å². The third kappa shape index (κ3) is 44.5. The summed E-state index contributed by atoms with van der Waals surface area (Å²) in [4.78, 5) is 64.9. The lowest BCUT2D eigenvalue weighted by atomic mass is 9.99. The van der Waals surface area contributed by atoms with E-state index in [1.165, 1.54) is 89.9 Å². The first-order chi connectivity index (χ1) is 33.4. The van der Waals surface area contributed by atoms with Gasteiger partial charge in [0.1, 0.15) is 18.8 Å². The molecule has 0 aromatic heterocycles. The van der Waals surface area contributed by atoms with E-state index in [1.807, 2.05) is 18.2 Å². The topological polar surface area (TPSA) is 279 Å². The Morgan fingerprint density at radius 1 is 0.657 bits per heavy atom. The molecule has 0 bridgehead atoms. The normalized spacial score (nSPS) is 15.9. The zero-order chi connectivity index (χ0) is 52.3. The molecule has 0 heterocycles. The van der Waals surface area contributed by atoms with Gasteiger partial charge in [0, 0.05) is 23.8 Å². The lowest BCUT2D eigenvalue weighted by Gasteiger charge is -2.23. The second kappa shape index (κ2) is 44.3. The van der Waals surface area contributed by atoms with Gasteiger partial charge in [-0.25, -0.2) is 9.13 Å². The van der Waals surface area contributed by atoms with Crippen LogP contribution < -0.4 is 5.73 Å². The van der Waals surface area contributed by atoms with Crippen molar-refractivity contribution in [2.45, 2.75) is 211 Å². The van der Waals surface area contributed by atoms with Gasteiger partial charge >= 0.3 is 33.6 Å². The Morgan fingerprint density at radius 3 is 1.84 bits per heavy atom. The fourth-order valence-electron chi connectivity index (χ4n) is 6.81. The van der Waals surface area contributed by atoms with E-state index in [-0.39, 0.29) is 31.4 Å². The van der Waals surface area contributed by atoms with E-state index in [2.05, 4.69) is 37.4 Å². The number of carbonyl (C=O) groups excluding carboxylic acids is 2. The number of ether oxygens (including phenoxy) is 2. The van der Waals surface area contributed by atoms with Crippen LogP contribution in [-0.2, 0) is 46.6 Å². The third-order valence-electron chi connectivity index (χ3n) is 11.3. The van der Waals surface area contributed by atoms with E-state index in [0.29, 0.717) is 6.42 Å². The van der Waals surface area contributed by atoms with Crippen LogP contribution in [0.15, 0.2) is 48.6 Å². The van der Waals surface area contributed by atoms with Crippen LogP contribution in [0.4, 0.5) is 0 Å². The molecule has 17 nitrogen and oxygen atoms in total. The SMILES string of the molecule is CCCCC/C=C\C\C=C/C=C/C=C/[C@@H](SC[C@H](N)C(=O)O[C@H](COC(=O)CCCCCCCCCCCCCCCCC(C)CC)COP(=O)(O)OC[C@@H](O)COP(=O)(O)O)[C@@H](O)CCCC(=O)O. The standard InChI is InChI=1S/C50H91NO16P2S/c1-4-6-7-8-9-10-11-17-20-23-26-29-34-47(46(53)33-31-35-48(54)55)70-41-45(51)50(57)67-44(40-66-69(61,62)65-38-43(52)37-64-68(58,59)60)39-63-49(56)36-30-27-24-21-18-15-13-12-14-16-19-22-25-28-32-42(3)5-2/h9-10,17,20,23,26,29,34,42-47,52-53H,4-8,11-16,18-19,21-22,24-25,27-28,30-33,35-41,51H2,1-3H3,(H,54,55)(H,61,62)(H2,58,59,60)/b10-9-,20-17-,26-23+,34-29+/t42?,43-,44+,45-,46-,47+/m0/s1. The Bertz CT molecular complexity index is 1560. The van der Waals surface area contributed by atoms with Gasteiger partial charge in [-0.2, -0.15) is 0 Å². The van der Waals surface area contributed by atoms with Crippen molar-refractivity contribution in [2.75, 3.05) is 32.2 Å². The number of carboxylic acids is 1. The first-order valence-corrected chi connectivity index (χ1v) is 29.7. The number of rotatable bonds is 48. The number of phosphoric ester groups is 2. The van der Waals surface area contributed by atoms with Crippen molar-refractivity contribution in [3.05, 3.63) is 48.6 Å². The number of thioether (sulfide) groups is 1. The van der Waals surface area contributed by atoms with E-state index in [1.54, 1.807) is 18.2 Å². The molecule has 0 aliphatic rings. The van der Waals surface area contributed by atoms with Crippen molar-refractivity contribution in [1.82, 2.24) is 0 Å². The average Bonchev–Trinajstić information content (AvgIpc) is 3.31. The van der Waals surface area contributed by atoms with E-state index < -0.39 is 89.6 Å². The number of nitrogens with two attached hydrogens (primary N) is 1. The highest BCUT2D eigenvalue weighted by Gasteiger charge is 2.30. The zero-order valence-electron chi connectivity index (χ0n) is 42.4. The van der Waals surface area contributed by atoms with Crippen molar-refractivity contribution >= 4 is 45.3 Å². The number of hydrogen-bond donors (Lipinski definition) is 7. The molecule has 0 aromatic rings. The molecule has 0 fully saturated rings. The minimum Gasteiger partial charge on any atom is -0.481 e. The summed E-state index contributed by atoms with van der Waals surface area (Å²) >= 11 is 1.13. The second-order valence-corrected chi connectivity index (χ2v) is 21.8. The monoisotopic (exact) mass is 1060 g/mol. The average molecular weight is 1060 g/mol. The molecule has 0 amide bonds. The first kappa shape index (κ1) is 67.8. The Kier molecular flexibility index (Phi) is 42.9. The number of carboxylic acid groups (broad SMARTS) is 1. The Labute approximate surface area is 423 Å². The Hall–Kier alpha value is -2.18. The number of unbranched alkanes of at least 4 members (excludes halogenated alkanes) is 16. The molecule has 20 heteroatoms. The van der Waals surface area contributed by atoms with Crippen LogP contribution in [-0.4, -0.2) is 110 Å². The van der Waals surface area contributed by atoms with Crippen LogP contribution in [0.2, 0.25) is 0 Å². The molecule has 0 saturated heterocycles. The van der Waals surface area contributed by atoms with Crippen LogP contribution in [0.1, 0.15) is 181 Å². The maximum absolute atomic E-state index is 13.2. The smallest absolute Gasteiger partial charge is 0.472 e. The number of esters is 2.